The van der Waals surface area contributed by atoms with Crippen molar-refractivity contribution in [1.82, 2.24) is 10.2 Å². The van der Waals surface area contributed by atoms with Crippen LogP contribution in [0.15, 0.2) is 0 Å². The first-order valence-corrected chi connectivity index (χ1v) is 6.92. The Kier molecular flexibility index (Phi) is 2.19. The molecule has 18 heavy (non-hydrogen) atoms. The molecule has 0 aromatic carbocycles. The number of carbonyl (C=O) groups is 2. The van der Waals surface area contributed by atoms with E-state index in [9.17, 15) is 9.59 Å². The maximum absolute atomic E-state index is 12.8. The first-order chi connectivity index (χ1) is 8.27. The predicted molar refractivity (Wildman–Crippen MR) is 67.8 cm³/mol. The summed E-state index contributed by atoms with van der Waals surface area (Å²) in [6.45, 7) is 8.07. The summed E-state index contributed by atoms with van der Waals surface area (Å²) >= 11 is 0. The van der Waals surface area contributed by atoms with Gasteiger partial charge in [0.1, 0.15) is 11.6 Å². The van der Waals surface area contributed by atoms with Crippen LogP contribution in [0.25, 0.3) is 0 Å². The molecule has 2 amide bonds. The number of rotatable bonds is 2. The van der Waals surface area contributed by atoms with Gasteiger partial charge in [-0.3, -0.25) is 9.59 Å². The average Bonchev–Trinajstić information content (AvgIpc) is 3.14. The fourth-order valence-electron chi connectivity index (χ4n) is 3.25. The summed E-state index contributed by atoms with van der Waals surface area (Å²) in [5.41, 5.74) is -0.478. The number of nitrogens with zero attached hydrogens (tertiary/aromatic N) is 1. The zero-order chi connectivity index (χ0) is 13.3. The molecule has 2 saturated carbocycles. The van der Waals surface area contributed by atoms with Crippen molar-refractivity contribution < 1.29 is 9.59 Å². The smallest absolute Gasteiger partial charge is 0.249 e. The molecule has 3 fully saturated rings. The van der Waals surface area contributed by atoms with E-state index in [1.807, 2.05) is 18.7 Å². The van der Waals surface area contributed by atoms with Gasteiger partial charge in [0.25, 0.3) is 0 Å². The van der Waals surface area contributed by atoms with Crippen molar-refractivity contribution in [3.63, 3.8) is 0 Å². The molecule has 100 valence electrons. The molecule has 4 nitrogen and oxygen atoms in total. The molecule has 3 atom stereocenters. The van der Waals surface area contributed by atoms with Gasteiger partial charge in [0, 0.05) is 6.04 Å². The number of amides is 2. The van der Waals surface area contributed by atoms with Crippen LogP contribution in [-0.4, -0.2) is 34.3 Å². The molecule has 2 aliphatic carbocycles. The molecule has 3 unspecified atom stereocenters. The highest BCUT2D eigenvalue weighted by molar-refractivity contribution is 6.00. The van der Waals surface area contributed by atoms with E-state index >= 15 is 0 Å². The van der Waals surface area contributed by atoms with Crippen molar-refractivity contribution >= 4 is 11.8 Å². The van der Waals surface area contributed by atoms with Gasteiger partial charge in [-0.1, -0.05) is 13.8 Å². The standard InChI is InChI=1S/C14H22N2O2/c1-8-11(17)15-14(4,9-5-6-9)12(18)16(8)10-7-13(10,2)3/h8-10H,5-7H2,1-4H3,(H,15,17). The Morgan fingerprint density at radius 1 is 1.22 bits per heavy atom. The van der Waals surface area contributed by atoms with Crippen LogP contribution in [0.5, 0.6) is 0 Å². The Labute approximate surface area is 108 Å². The lowest BCUT2D eigenvalue weighted by Crippen LogP contribution is -2.70. The second kappa shape index (κ2) is 3.28. The van der Waals surface area contributed by atoms with Gasteiger partial charge in [0.2, 0.25) is 11.8 Å². The van der Waals surface area contributed by atoms with Gasteiger partial charge < -0.3 is 10.2 Å². The highest BCUT2D eigenvalue weighted by atomic mass is 16.2. The van der Waals surface area contributed by atoms with Crippen molar-refractivity contribution in [2.45, 2.75) is 64.6 Å². The summed E-state index contributed by atoms with van der Waals surface area (Å²) in [5.74, 6) is 0.477. The lowest BCUT2D eigenvalue weighted by atomic mass is 9.89. The quantitative estimate of drug-likeness (QED) is 0.803. The fourth-order valence-corrected chi connectivity index (χ4v) is 3.25. The number of carbonyl (C=O) groups excluding carboxylic acids is 2. The molecule has 1 aliphatic heterocycles. The minimum absolute atomic E-state index is 0.00620. The van der Waals surface area contributed by atoms with Crippen LogP contribution in [-0.2, 0) is 9.59 Å². The second-order valence-corrected chi connectivity index (χ2v) is 7.06. The minimum Gasteiger partial charge on any atom is -0.340 e. The van der Waals surface area contributed by atoms with Crippen LogP contribution in [0.4, 0.5) is 0 Å². The lowest BCUT2D eigenvalue weighted by Gasteiger charge is -2.44. The van der Waals surface area contributed by atoms with Gasteiger partial charge in [-0.15, -0.1) is 0 Å². The molecular weight excluding hydrogens is 228 g/mol. The number of nitrogens with one attached hydrogen (secondary N) is 1. The third-order valence-corrected chi connectivity index (χ3v) is 5.05. The van der Waals surface area contributed by atoms with E-state index in [2.05, 4.69) is 19.2 Å². The number of hydrogen-bond acceptors (Lipinski definition) is 2. The van der Waals surface area contributed by atoms with Gasteiger partial charge in [0.05, 0.1) is 0 Å². The monoisotopic (exact) mass is 250 g/mol. The molecule has 4 heteroatoms. The second-order valence-electron chi connectivity index (χ2n) is 7.06. The van der Waals surface area contributed by atoms with E-state index in [0.29, 0.717) is 5.92 Å². The first kappa shape index (κ1) is 12.0. The molecule has 0 bridgehead atoms. The molecule has 3 rings (SSSR count). The molecule has 1 saturated heterocycles. The highest BCUT2D eigenvalue weighted by Gasteiger charge is 2.61. The molecule has 1 heterocycles. The van der Waals surface area contributed by atoms with Crippen LogP contribution >= 0.6 is 0 Å². The Hall–Kier alpha value is -1.06. The third-order valence-electron chi connectivity index (χ3n) is 5.05. The molecule has 0 radical (unpaired) electrons. The van der Waals surface area contributed by atoms with E-state index in [0.717, 1.165) is 19.3 Å². The topological polar surface area (TPSA) is 49.4 Å². The van der Waals surface area contributed by atoms with E-state index in [1.165, 1.54) is 0 Å². The summed E-state index contributed by atoms with van der Waals surface area (Å²) in [4.78, 5) is 26.8. The normalized spacial score (nSPS) is 42.8. The summed E-state index contributed by atoms with van der Waals surface area (Å²) in [7, 11) is 0. The number of hydrogen-bond donors (Lipinski definition) is 1. The third kappa shape index (κ3) is 1.50. The largest absolute Gasteiger partial charge is 0.340 e. The Morgan fingerprint density at radius 3 is 2.22 bits per heavy atom. The van der Waals surface area contributed by atoms with Gasteiger partial charge in [-0.05, 0) is 44.4 Å². The average molecular weight is 250 g/mol. The SMILES string of the molecule is CC1C(=O)NC(C)(C2CC2)C(=O)N1C1CC1(C)C. The molecular formula is C14H22N2O2. The molecule has 0 spiro atoms. The summed E-state index contributed by atoms with van der Waals surface area (Å²) in [6, 6.07) is -0.0831. The summed E-state index contributed by atoms with van der Waals surface area (Å²) < 4.78 is 0. The number of piperazine rings is 1. The van der Waals surface area contributed by atoms with Crippen molar-refractivity contribution in [3.8, 4) is 0 Å². The van der Waals surface area contributed by atoms with E-state index in [1.54, 1.807) is 0 Å². The van der Waals surface area contributed by atoms with Crippen molar-refractivity contribution in [3.05, 3.63) is 0 Å². The van der Waals surface area contributed by atoms with E-state index < -0.39 is 5.54 Å². The molecule has 1 N–H and O–H groups in total. The van der Waals surface area contributed by atoms with E-state index in [-0.39, 0.29) is 29.3 Å². The zero-order valence-corrected chi connectivity index (χ0v) is 11.6. The molecule has 3 aliphatic rings. The maximum atomic E-state index is 12.8. The van der Waals surface area contributed by atoms with Crippen molar-refractivity contribution in [1.29, 1.82) is 0 Å². The predicted octanol–water partition coefficient (Wildman–Crippen LogP) is 1.30. The van der Waals surface area contributed by atoms with Crippen LogP contribution in [0.2, 0.25) is 0 Å². The van der Waals surface area contributed by atoms with Gasteiger partial charge in [0.15, 0.2) is 0 Å². The zero-order valence-electron chi connectivity index (χ0n) is 11.6. The Bertz CT molecular complexity index is 428. The van der Waals surface area contributed by atoms with Crippen LogP contribution < -0.4 is 5.32 Å². The summed E-state index contributed by atoms with van der Waals surface area (Å²) in [6.07, 6.45) is 3.12. The molecule has 0 aromatic heterocycles. The first-order valence-electron chi connectivity index (χ1n) is 6.92. The summed E-state index contributed by atoms with van der Waals surface area (Å²) in [5, 5.41) is 2.96. The molecule has 0 aromatic rings. The lowest BCUT2D eigenvalue weighted by molar-refractivity contribution is -0.155. The van der Waals surface area contributed by atoms with Crippen LogP contribution in [0.1, 0.15) is 47.0 Å². The Morgan fingerprint density at radius 2 is 1.78 bits per heavy atom. The van der Waals surface area contributed by atoms with Gasteiger partial charge in [-0.2, -0.15) is 0 Å². The van der Waals surface area contributed by atoms with Crippen LogP contribution in [0.3, 0.4) is 0 Å². The Balaban J connectivity index is 1.91. The van der Waals surface area contributed by atoms with Gasteiger partial charge >= 0.3 is 0 Å². The fraction of sp³-hybridized carbons (Fsp3) is 0.857. The van der Waals surface area contributed by atoms with Crippen molar-refractivity contribution in [2.24, 2.45) is 11.3 Å². The van der Waals surface area contributed by atoms with E-state index in [4.69, 9.17) is 0 Å². The van der Waals surface area contributed by atoms with Crippen LogP contribution in [0, 0.1) is 11.3 Å². The minimum atomic E-state index is -0.651. The maximum Gasteiger partial charge on any atom is 0.249 e. The highest BCUT2D eigenvalue weighted by Crippen LogP contribution is 2.52. The van der Waals surface area contributed by atoms with Crippen molar-refractivity contribution in [2.75, 3.05) is 0 Å². The van der Waals surface area contributed by atoms with Gasteiger partial charge in [-0.25, -0.2) is 0 Å².